The highest BCUT2D eigenvalue weighted by Gasteiger charge is 2.28. The van der Waals surface area contributed by atoms with Gasteiger partial charge in [0.1, 0.15) is 0 Å². The van der Waals surface area contributed by atoms with E-state index in [0.29, 0.717) is 12.6 Å². The van der Waals surface area contributed by atoms with Gasteiger partial charge in [-0.2, -0.15) is 0 Å². The summed E-state index contributed by atoms with van der Waals surface area (Å²) < 4.78 is 0. The summed E-state index contributed by atoms with van der Waals surface area (Å²) >= 11 is 0. The second kappa shape index (κ2) is 5.32. The molecule has 2 rings (SSSR count). The van der Waals surface area contributed by atoms with Gasteiger partial charge in [0, 0.05) is 19.6 Å². The third-order valence-corrected chi connectivity index (χ3v) is 3.21. The maximum Gasteiger partial charge on any atom is 0.236 e. The highest BCUT2D eigenvalue weighted by atomic mass is 16.2. The number of benzene rings is 1. The summed E-state index contributed by atoms with van der Waals surface area (Å²) in [5, 5.41) is 3.19. The van der Waals surface area contributed by atoms with Crippen molar-refractivity contribution in [3.8, 4) is 0 Å². The molecule has 1 amide bonds. The number of carbonyl (C=O) groups excluding carboxylic acids is 1. The largest absolute Gasteiger partial charge is 0.342 e. The van der Waals surface area contributed by atoms with Gasteiger partial charge in [-0.05, 0) is 25.3 Å². The number of amides is 1. The van der Waals surface area contributed by atoms with Gasteiger partial charge < -0.3 is 10.2 Å². The zero-order chi connectivity index (χ0) is 12.3. The maximum absolute atomic E-state index is 11.7. The topological polar surface area (TPSA) is 32.3 Å². The van der Waals surface area contributed by atoms with Gasteiger partial charge in [-0.1, -0.05) is 29.8 Å². The first-order valence-electron chi connectivity index (χ1n) is 6.19. The van der Waals surface area contributed by atoms with Crippen molar-refractivity contribution in [1.29, 1.82) is 0 Å². The molecule has 1 saturated carbocycles. The third-order valence-electron chi connectivity index (χ3n) is 3.21. The van der Waals surface area contributed by atoms with E-state index in [4.69, 9.17) is 0 Å². The van der Waals surface area contributed by atoms with Crippen molar-refractivity contribution in [2.75, 3.05) is 13.6 Å². The van der Waals surface area contributed by atoms with Crippen molar-refractivity contribution in [2.45, 2.75) is 32.4 Å². The van der Waals surface area contributed by atoms with Gasteiger partial charge in [0.25, 0.3) is 0 Å². The fourth-order valence-electron chi connectivity index (χ4n) is 1.81. The van der Waals surface area contributed by atoms with E-state index in [-0.39, 0.29) is 5.91 Å². The summed E-state index contributed by atoms with van der Waals surface area (Å²) in [6, 6.07) is 8.88. The van der Waals surface area contributed by atoms with Crippen LogP contribution in [0, 0.1) is 6.92 Å². The van der Waals surface area contributed by atoms with E-state index in [1.54, 1.807) is 0 Å². The first-order valence-corrected chi connectivity index (χ1v) is 6.19. The molecule has 92 valence electrons. The van der Waals surface area contributed by atoms with Gasteiger partial charge in [0.05, 0.1) is 6.54 Å². The molecule has 1 fully saturated rings. The molecule has 0 aliphatic heterocycles. The van der Waals surface area contributed by atoms with Crippen LogP contribution in [0.1, 0.15) is 24.0 Å². The van der Waals surface area contributed by atoms with E-state index in [9.17, 15) is 4.79 Å². The summed E-state index contributed by atoms with van der Waals surface area (Å²) in [6.45, 7) is 3.26. The Morgan fingerprint density at radius 2 is 2.00 bits per heavy atom. The zero-order valence-electron chi connectivity index (χ0n) is 10.6. The Balaban J connectivity index is 1.71. The predicted octanol–water partition coefficient (Wildman–Crippen LogP) is 1.71. The molecule has 0 aromatic heterocycles. The summed E-state index contributed by atoms with van der Waals surface area (Å²) in [5.41, 5.74) is 2.48. The van der Waals surface area contributed by atoms with Crippen molar-refractivity contribution in [3.05, 3.63) is 35.4 Å². The van der Waals surface area contributed by atoms with Crippen LogP contribution >= 0.6 is 0 Å². The first kappa shape index (κ1) is 12.1. The fraction of sp³-hybridized carbons (Fsp3) is 0.500. The molecule has 1 aromatic carbocycles. The second-order valence-corrected chi connectivity index (χ2v) is 4.82. The van der Waals surface area contributed by atoms with Gasteiger partial charge in [-0.3, -0.25) is 4.79 Å². The molecule has 3 nitrogen and oxygen atoms in total. The number of likely N-dealkylation sites (N-methyl/N-ethyl adjacent to an activating group) is 1. The molecule has 1 aromatic rings. The molecule has 17 heavy (non-hydrogen) atoms. The van der Waals surface area contributed by atoms with Crippen LogP contribution in [0.15, 0.2) is 24.3 Å². The van der Waals surface area contributed by atoms with E-state index in [1.807, 2.05) is 11.9 Å². The number of carbonyl (C=O) groups is 1. The number of nitrogens with one attached hydrogen (secondary N) is 1. The van der Waals surface area contributed by atoms with Gasteiger partial charge >= 0.3 is 0 Å². The Morgan fingerprint density at radius 3 is 2.59 bits per heavy atom. The Kier molecular flexibility index (Phi) is 3.79. The van der Waals surface area contributed by atoms with Crippen LogP contribution in [0.25, 0.3) is 0 Å². The summed E-state index contributed by atoms with van der Waals surface area (Å²) in [7, 11) is 1.90. The number of hydrogen-bond acceptors (Lipinski definition) is 2. The molecule has 0 saturated heterocycles. The highest BCUT2D eigenvalue weighted by Crippen LogP contribution is 2.25. The second-order valence-electron chi connectivity index (χ2n) is 4.82. The van der Waals surface area contributed by atoms with Gasteiger partial charge in [0.15, 0.2) is 0 Å². The quantitative estimate of drug-likeness (QED) is 0.838. The maximum atomic E-state index is 11.7. The minimum atomic E-state index is 0.194. The summed E-state index contributed by atoms with van der Waals surface area (Å²) in [4.78, 5) is 13.6. The van der Waals surface area contributed by atoms with Gasteiger partial charge in [0.2, 0.25) is 5.91 Å². The van der Waals surface area contributed by atoms with E-state index >= 15 is 0 Å². The zero-order valence-corrected chi connectivity index (χ0v) is 10.6. The molecular weight excluding hydrogens is 212 g/mol. The van der Waals surface area contributed by atoms with E-state index < -0.39 is 0 Å². The first-order chi connectivity index (χ1) is 8.16. The Bertz CT molecular complexity index is 382. The smallest absolute Gasteiger partial charge is 0.236 e. The van der Waals surface area contributed by atoms with E-state index in [2.05, 4.69) is 36.5 Å². The SMILES string of the molecule is Cc1ccc(CNCC(=O)N(C)C2CC2)cc1. The number of rotatable bonds is 5. The minimum Gasteiger partial charge on any atom is -0.342 e. The van der Waals surface area contributed by atoms with Crippen molar-refractivity contribution in [2.24, 2.45) is 0 Å². The molecule has 1 aliphatic carbocycles. The summed E-state index contributed by atoms with van der Waals surface area (Å²) in [5.74, 6) is 0.194. The lowest BCUT2D eigenvalue weighted by Crippen LogP contribution is -2.36. The monoisotopic (exact) mass is 232 g/mol. The Morgan fingerprint density at radius 1 is 1.35 bits per heavy atom. The molecule has 0 unspecified atom stereocenters. The fourth-order valence-corrected chi connectivity index (χ4v) is 1.81. The molecular formula is C14H20N2O. The van der Waals surface area contributed by atoms with Crippen LogP contribution < -0.4 is 5.32 Å². The normalized spacial score (nSPS) is 14.7. The number of nitrogens with zero attached hydrogens (tertiary/aromatic N) is 1. The lowest BCUT2D eigenvalue weighted by Gasteiger charge is -2.16. The van der Waals surface area contributed by atoms with Crippen molar-refractivity contribution in [1.82, 2.24) is 10.2 Å². The number of aryl methyl sites for hydroxylation is 1. The highest BCUT2D eigenvalue weighted by molar-refractivity contribution is 5.78. The molecule has 0 radical (unpaired) electrons. The molecule has 0 spiro atoms. The molecule has 1 aliphatic rings. The third kappa shape index (κ3) is 3.56. The number of hydrogen-bond donors (Lipinski definition) is 1. The standard InChI is InChI=1S/C14H20N2O/c1-11-3-5-12(6-4-11)9-15-10-14(17)16(2)13-7-8-13/h3-6,13,15H,7-10H2,1-2H3. The van der Waals surface area contributed by atoms with Gasteiger partial charge in [-0.25, -0.2) is 0 Å². The van der Waals surface area contributed by atoms with Crippen molar-refractivity contribution < 1.29 is 4.79 Å². The van der Waals surface area contributed by atoms with Crippen LogP contribution in [0.2, 0.25) is 0 Å². The molecule has 0 heterocycles. The molecule has 3 heteroatoms. The Hall–Kier alpha value is -1.35. The van der Waals surface area contributed by atoms with Crippen LogP contribution in [0.3, 0.4) is 0 Å². The lowest BCUT2D eigenvalue weighted by atomic mass is 10.1. The predicted molar refractivity (Wildman–Crippen MR) is 68.7 cm³/mol. The van der Waals surface area contributed by atoms with Crippen molar-refractivity contribution in [3.63, 3.8) is 0 Å². The van der Waals surface area contributed by atoms with Crippen LogP contribution in [-0.2, 0) is 11.3 Å². The average molecular weight is 232 g/mol. The van der Waals surface area contributed by atoms with Gasteiger partial charge in [-0.15, -0.1) is 0 Å². The molecule has 0 bridgehead atoms. The van der Waals surface area contributed by atoms with Crippen LogP contribution in [0.5, 0.6) is 0 Å². The van der Waals surface area contributed by atoms with Crippen LogP contribution in [0.4, 0.5) is 0 Å². The van der Waals surface area contributed by atoms with E-state index in [1.165, 1.54) is 24.0 Å². The van der Waals surface area contributed by atoms with Crippen LogP contribution in [-0.4, -0.2) is 30.4 Å². The molecule has 0 atom stereocenters. The average Bonchev–Trinajstić information content (AvgIpc) is 3.14. The summed E-state index contributed by atoms with van der Waals surface area (Å²) in [6.07, 6.45) is 2.33. The minimum absolute atomic E-state index is 0.194. The lowest BCUT2D eigenvalue weighted by molar-refractivity contribution is -0.129. The van der Waals surface area contributed by atoms with Crippen molar-refractivity contribution >= 4 is 5.91 Å². The molecule has 1 N–H and O–H groups in total. The Labute approximate surface area is 103 Å². The van der Waals surface area contributed by atoms with E-state index in [0.717, 1.165) is 6.54 Å².